The van der Waals surface area contributed by atoms with E-state index in [-0.39, 0.29) is 0 Å². The third-order valence-electron chi connectivity index (χ3n) is 10.6. The summed E-state index contributed by atoms with van der Waals surface area (Å²) in [4.78, 5) is 2.39. The van der Waals surface area contributed by atoms with Crippen LogP contribution in [-0.2, 0) is 6.42 Å². The van der Waals surface area contributed by atoms with E-state index in [1.54, 1.807) is 0 Å². The number of allylic oxidation sites excluding steroid dienone is 1. The summed E-state index contributed by atoms with van der Waals surface area (Å²) in [6.45, 7) is 0. The van der Waals surface area contributed by atoms with E-state index in [0.717, 1.165) is 35.6 Å². The topological polar surface area (TPSA) is 8.17 Å². The molecule has 246 valence electrons. The van der Waals surface area contributed by atoms with Crippen molar-refractivity contribution < 1.29 is 0 Å². The summed E-state index contributed by atoms with van der Waals surface area (Å²) in [7, 11) is 0. The highest BCUT2D eigenvalue weighted by Gasteiger charge is 2.19. The summed E-state index contributed by atoms with van der Waals surface area (Å²) < 4.78 is 2.42. The van der Waals surface area contributed by atoms with E-state index < -0.39 is 0 Å². The maximum atomic E-state index is 2.42. The van der Waals surface area contributed by atoms with Crippen LogP contribution >= 0.6 is 0 Å². The molecule has 0 unspecified atom stereocenters. The minimum atomic E-state index is 1.10. The van der Waals surface area contributed by atoms with Crippen molar-refractivity contribution in [2.45, 2.75) is 12.8 Å². The second-order valence-electron chi connectivity index (χ2n) is 13.7. The maximum Gasteiger partial charge on any atom is 0.0561 e. The predicted molar refractivity (Wildman–Crippen MR) is 221 cm³/mol. The first-order chi connectivity index (χ1) is 25.8. The summed E-state index contributed by atoms with van der Waals surface area (Å²) in [5.74, 6) is 0. The van der Waals surface area contributed by atoms with Gasteiger partial charge in [0, 0.05) is 33.5 Å². The normalized spacial score (nSPS) is 12.4. The molecular weight excluding hydrogens is 629 g/mol. The van der Waals surface area contributed by atoms with Crippen molar-refractivity contribution in [2.75, 3.05) is 4.90 Å². The maximum absolute atomic E-state index is 2.42. The Morgan fingerprint density at radius 2 is 1.00 bits per heavy atom. The summed E-state index contributed by atoms with van der Waals surface area (Å²) in [6.07, 6.45) is 6.74. The number of anilines is 3. The van der Waals surface area contributed by atoms with Gasteiger partial charge in [0.25, 0.3) is 0 Å². The molecule has 0 bridgehead atoms. The molecule has 0 spiro atoms. The van der Waals surface area contributed by atoms with Gasteiger partial charge in [0.15, 0.2) is 0 Å². The quantitative estimate of drug-likeness (QED) is 0.172. The fraction of sp³-hybridized carbons (Fsp3) is 0.0400. The Bertz CT molecular complexity index is 2750. The Kier molecular flexibility index (Phi) is 7.32. The van der Waals surface area contributed by atoms with E-state index in [4.69, 9.17) is 0 Å². The second kappa shape index (κ2) is 12.6. The zero-order valence-electron chi connectivity index (χ0n) is 28.8. The zero-order chi connectivity index (χ0) is 34.4. The largest absolute Gasteiger partial charge is 0.310 e. The number of hydrogen-bond donors (Lipinski definition) is 0. The number of hydrogen-bond acceptors (Lipinski definition) is 1. The van der Waals surface area contributed by atoms with E-state index in [1.807, 2.05) is 0 Å². The van der Waals surface area contributed by atoms with E-state index in [9.17, 15) is 0 Å². The number of para-hydroxylation sites is 1. The first kappa shape index (κ1) is 30.2. The van der Waals surface area contributed by atoms with Crippen LogP contribution < -0.4 is 4.90 Å². The van der Waals surface area contributed by atoms with Gasteiger partial charge in [0.2, 0.25) is 0 Å². The molecule has 2 nitrogen and oxygen atoms in total. The van der Waals surface area contributed by atoms with Crippen LogP contribution in [0.25, 0.3) is 66.6 Å². The van der Waals surface area contributed by atoms with E-state index in [1.165, 1.54) is 66.0 Å². The molecule has 0 amide bonds. The highest BCUT2D eigenvalue weighted by molar-refractivity contribution is 6.14. The van der Waals surface area contributed by atoms with Crippen LogP contribution in [0.5, 0.6) is 0 Å². The van der Waals surface area contributed by atoms with Gasteiger partial charge in [-0.3, -0.25) is 0 Å². The van der Waals surface area contributed by atoms with Crippen LogP contribution in [0, 0.1) is 0 Å². The number of fused-ring (bicyclic) bond motifs is 5. The number of nitrogens with zero attached hydrogens (tertiary/aromatic N) is 2. The van der Waals surface area contributed by atoms with Crippen molar-refractivity contribution >= 4 is 55.7 Å². The minimum Gasteiger partial charge on any atom is -0.310 e. The van der Waals surface area contributed by atoms with Gasteiger partial charge < -0.3 is 9.47 Å². The van der Waals surface area contributed by atoms with Gasteiger partial charge >= 0.3 is 0 Å². The smallest absolute Gasteiger partial charge is 0.0561 e. The average Bonchev–Trinajstić information content (AvgIpc) is 3.53. The molecule has 0 atom stereocenters. The molecule has 0 saturated heterocycles. The zero-order valence-corrected chi connectivity index (χ0v) is 28.8. The molecule has 1 aromatic heterocycles. The fourth-order valence-electron chi connectivity index (χ4n) is 7.98. The van der Waals surface area contributed by atoms with Gasteiger partial charge in [-0.05, 0) is 118 Å². The van der Waals surface area contributed by atoms with Gasteiger partial charge in [-0.25, -0.2) is 0 Å². The van der Waals surface area contributed by atoms with Crippen LogP contribution in [0.2, 0.25) is 0 Å². The lowest BCUT2D eigenvalue weighted by molar-refractivity contribution is 0.986. The Hall–Kier alpha value is -6.64. The van der Waals surface area contributed by atoms with Crippen LogP contribution in [0.3, 0.4) is 0 Å². The van der Waals surface area contributed by atoms with E-state index in [0.29, 0.717) is 0 Å². The first-order valence-corrected chi connectivity index (χ1v) is 18.1. The summed E-state index contributed by atoms with van der Waals surface area (Å²) in [5, 5.41) is 4.99. The van der Waals surface area contributed by atoms with Crippen molar-refractivity contribution in [3.63, 3.8) is 0 Å². The second-order valence-corrected chi connectivity index (χ2v) is 13.7. The summed E-state index contributed by atoms with van der Waals surface area (Å²) in [5.41, 5.74) is 14.6. The third-order valence-corrected chi connectivity index (χ3v) is 10.6. The lowest BCUT2D eigenvalue weighted by Crippen LogP contribution is -2.10. The molecule has 0 fully saturated rings. The number of aromatic nitrogens is 1. The van der Waals surface area contributed by atoms with Crippen molar-refractivity contribution in [3.05, 3.63) is 199 Å². The third kappa shape index (κ3) is 5.28. The number of benzene rings is 8. The van der Waals surface area contributed by atoms with Gasteiger partial charge in [-0.1, -0.05) is 133 Å². The summed E-state index contributed by atoms with van der Waals surface area (Å²) >= 11 is 0. The monoisotopic (exact) mass is 664 g/mol. The van der Waals surface area contributed by atoms with E-state index in [2.05, 4.69) is 204 Å². The molecular formula is C50H36N2. The molecule has 52 heavy (non-hydrogen) atoms. The highest BCUT2D eigenvalue weighted by atomic mass is 15.1. The van der Waals surface area contributed by atoms with Crippen molar-refractivity contribution in [1.29, 1.82) is 0 Å². The van der Waals surface area contributed by atoms with Crippen LogP contribution in [0.4, 0.5) is 17.1 Å². The number of rotatable bonds is 6. The standard InChI is InChI=1S/C50H36N2/c1-3-11-35(12-4-1)37-21-25-44(26-22-37)51(45-27-23-38(24-28-45)42-20-19-36-13-7-8-14-39(36)31-42)46-29-30-47-48-32-40-15-9-10-16-41(40)33-49(48)52(50(47)34-46)43-17-5-2-6-18-43/h1-7,9-13,15-34H,8,14H2. The Balaban J connectivity index is 1.14. The lowest BCUT2D eigenvalue weighted by Gasteiger charge is -2.26. The molecule has 0 saturated carbocycles. The van der Waals surface area contributed by atoms with Gasteiger partial charge in [0.1, 0.15) is 0 Å². The molecule has 1 heterocycles. The Morgan fingerprint density at radius 3 is 1.73 bits per heavy atom. The van der Waals surface area contributed by atoms with Crippen molar-refractivity contribution in [3.8, 4) is 27.9 Å². The first-order valence-electron chi connectivity index (χ1n) is 18.1. The molecule has 0 N–H and O–H groups in total. The van der Waals surface area contributed by atoms with Crippen LogP contribution in [0.15, 0.2) is 188 Å². The highest BCUT2D eigenvalue weighted by Crippen LogP contribution is 2.41. The average molecular weight is 665 g/mol. The molecule has 1 aliphatic rings. The van der Waals surface area contributed by atoms with Gasteiger partial charge in [-0.2, -0.15) is 0 Å². The Labute approximate surface area is 304 Å². The van der Waals surface area contributed by atoms with E-state index >= 15 is 0 Å². The SMILES string of the molecule is C1=Cc2ccc(-c3ccc(N(c4ccc(-c5ccccc5)cc4)c4ccc5c6cc7ccccc7cc6n(-c6ccccc6)c5c4)cc3)cc2CC1. The van der Waals surface area contributed by atoms with Crippen LogP contribution in [0.1, 0.15) is 17.5 Å². The predicted octanol–water partition coefficient (Wildman–Crippen LogP) is 13.7. The molecule has 10 rings (SSSR count). The van der Waals surface area contributed by atoms with Gasteiger partial charge in [-0.15, -0.1) is 0 Å². The molecule has 0 radical (unpaired) electrons. The van der Waals surface area contributed by atoms with Crippen molar-refractivity contribution in [2.24, 2.45) is 0 Å². The minimum absolute atomic E-state index is 1.10. The lowest BCUT2D eigenvalue weighted by atomic mass is 9.93. The molecule has 9 aromatic rings. The molecule has 8 aromatic carbocycles. The molecule has 2 heteroatoms. The van der Waals surface area contributed by atoms with Crippen LogP contribution in [-0.4, -0.2) is 4.57 Å². The number of aryl methyl sites for hydroxylation is 1. The van der Waals surface area contributed by atoms with Gasteiger partial charge in [0.05, 0.1) is 11.0 Å². The molecule has 1 aliphatic carbocycles. The van der Waals surface area contributed by atoms with Crippen molar-refractivity contribution in [1.82, 2.24) is 4.57 Å². The Morgan fingerprint density at radius 1 is 0.423 bits per heavy atom. The summed E-state index contributed by atoms with van der Waals surface area (Å²) in [6, 6.07) is 66.6. The molecule has 0 aliphatic heterocycles. The fourth-order valence-corrected chi connectivity index (χ4v) is 7.98.